The summed E-state index contributed by atoms with van der Waals surface area (Å²) in [6.45, 7) is 9.36. The molecular formula is C14H23N3O3. The van der Waals surface area contributed by atoms with Crippen LogP contribution >= 0.6 is 0 Å². The number of rotatable bonds is 9. The number of hydrogen-bond donors (Lipinski definition) is 1. The predicted octanol–water partition coefficient (Wildman–Crippen LogP) is 1.80. The van der Waals surface area contributed by atoms with Crippen LogP contribution in [0.4, 0.5) is 5.82 Å². The number of anilines is 1. The summed E-state index contributed by atoms with van der Waals surface area (Å²) in [5, 5.41) is 0. The minimum Gasteiger partial charge on any atom is -0.461 e. The van der Waals surface area contributed by atoms with Gasteiger partial charge in [0, 0.05) is 13.0 Å². The van der Waals surface area contributed by atoms with Crippen LogP contribution in [0.3, 0.4) is 0 Å². The molecule has 6 nitrogen and oxygen atoms in total. The lowest BCUT2D eigenvalue weighted by Gasteiger charge is -2.09. The largest absolute Gasteiger partial charge is 0.461 e. The molecule has 112 valence electrons. The molecule has 0 saturated heterocycles. The molecule has 0 aliphatic rings. The zero-order valence-electron chi connectivity index (χ0n) is 12.2. The Morgan fingerprint density at radius 2 is 2.20 bits per heavy atom. The number of nitrogen functional groups attached to an aromatic ring is 1. The van der Waals surface area contributed by atoms with Gasteiger partial charge in [0.2, 0.25) is 0 Å². The predicted molar refractivity (Wildman–Crippen MR) is 77.6 cm³/mol. The van der Waals surface area contributed by atoms with E-state index in [9.17, 15) is 4.79 Å². The summed E-state index contributed by atoms with van der Waals surface area (Å²) in [6.07, 6.45) is 3.31. The van der Waals surface area contributed by atoms with Crippen molar-refractivity contribution in [1.29, 1.82) is 0 Å². The van der Waals surface area contributed by atoms with Gasteiger partial charge >= 0.3 is 5.97 Å². The fourth-order valence-corrected chi connectivity index (χ4v) is 1.81. The molecule has 0 aliphatic carbocycles. The number of imidazole rings is 1. The van der Waals surface area contributed by atoms with Crippen LogP contribution in [0.25, 0.3) is 0 Å². The zero-order chi connectivity index (χ0) is 15.0. The maximum atomic E-state index is 11.7. The van der Waals surface area contributed by atoms with Crippen molar-refractivity contribution in [1.82, 2.24) is 9.55 Å². The van der Waals surface area contributed by atoms with Crippen molar-refractivity contribution >= 4 is 11.8 Å². The van der Waals surface area contributed by atoms with Gasteiger partial charge in [-0.3, -0.25) is 0 Å². The molecular weight excluding hydrogens is 258 g/mol. The second kappa shape index (κ2) is 8.37. The first-order valence-electron chi connectivity index (χ1n) is 6.86. The highest BCUT2D eigenvalue weighted by atomic mass is 16.5. The van der Waals surface area contributed by atoms with Crippen molar-refractivity contribution in [3.05, 3.63) is 24.2 Å². The lowest BCUT2D eigenvalue weighted by atomic mass is 10.4. The highest BCUT2D eigenvalue weighted by Gasteiger charge is 2.20. The summed E-state index contributed by atoms with van der Waals surface area (Å²) in [6, 6.07) is 0. The van der Waals surface area contributed by atoms with Crippen LogP contribution in [0.2, 0.25) is 0 Å². The molecule has 0 bridgehead atoms. The Morgan fingerprint density at radius 3 is 2.80 bits per heavy atom. The molecule has 6 heteroatoms. The molecule has 0 fully saturated rings. The van der Waals surface area contributed by atoms with Gasteiger partial charge in [-0.25, -0.2) is 9.78 Å². The van der Waals surface area contributed by atoms with E-state index in [1.165, 1.54) is 0 Å². The van der Waals surface area contributed by atoms with E-state index in [1.807, 2.05) is 13.0 Å². The van der Waals surface area contributed by atoms with E-state index in [0.29, 0.717) is 38.6 Å². The molecule has 0 aromatic carbocycles. The Bertz CT molecular complexity index is 455. The maximum Gasteiger partial charge on any atom is 0.360 e. The Hall–Kier alpha value is -1.82. The Balaban J connectivity index is 2.73. The molecule has 0 amide bonds. The summed E-state index contributed by atoms with van der Waals surface area (Å²) in [5.74, 6) is 0.622. The molecule has 0 radical (unpaired) electrons. The van der Waals surface area contributed by atoms with Gasteiger partial charge in [0.05, 0.1) is 19.8 Å². The number of ether oxygens (including phenoxy) is 2. The molecule has 1 rings (SSSR count). The Morgan fingerprint density at radius 1 is 1.45 bits per heavy atom. The molecule has 0 saturated carbocycles. The van der Waals surface area contributed by atoms with Crippen molar-refractivity contribution in [2.75, 3.05) is 25.6 Å². The first-order valence-corrected chi connectivity index (χ1v) is 6.86. The third kappa shape index (κ3) is 4.09. The molecule has 20 heavy (non-hydrogen) atoms. The number of nitrogens with two attached hydrogens (primary N) is 1. The molecule has 0 aliphatic heterocycles. The summed E-state index contributed by atoms with van der Waals surface area (Å²) >= 11 is 0. The lowest BCUT2D eigenvalue weighted by molar-refractivity contribution is 0.0521. The quantitative estimate of drug-likeness (QED) is 0.424. The maximum absolute atomic E-state index is 11.7. The van der Waals surface area contributed by atoms with Crippen LogP contribution in [0.1, 0.15) is 36.6 Å². The van der Waals surface area contributed by atoms with E-state index in [0.717, 1.165) is 12.2 Å². The van der Waals surface area contributed by atoms with Crippen LogP contribution in [0.5, 0.6) is 0 Å². The standard InChI is InChI=1S/C14H23N3O3/c1-4-7-9-19-10-8-17-11(5-2)16-12(13(17)15)14(18)20-6-3/h4H,1,5-10,15H2,2-3H3. The van der Waals surface area contributed by atoms with Gasteiger partial charge in [0.1, 0.15) is 11.6 Å². The molecule has 1 aromatic heterocycles. The van der Waals surface area contributed by atoms with E-state index in [4.69, 9.17) is 15.2 Å². The molecule has 1 aromatic rings. The SMILES string of the molecule is C=CCCOCCn1c(CC)nc(C(=O)OCC)c1N. The van der Waals surface area contributed by atoms with Gasteiger partial charge in [-0.1, -0.05) is 13.0 Å². The normalized spacial score (nSPS) is 10.5. The minimum atomic E-state index is -0.481. The van der Waals surface area contributed by atoms with E-state index < -0.39 is 5.97 Å². The molecule has 2 N–H and O–H groups in total. The lowest BCUT2D eigenvalue weighted by Crippen LogP contribution is -2.13. The van der Waals surface area contributed by atoms with E-state index in [2.05, 4.69) is 11.6 Å². The smallest absolute Gasteiger partial charge is 0.360 e. The number of nitrogens with zero attached hydrogens (tertiary/aromatic N) is 2. The summed E-state index contributed by atoms with van der Waals surface area (Å²) in [4.78, 5) is 16.0. The fourth-order valence-electron chi connectivity index (χ4n) is 1.81. The van der Waals surface area contributed by atoms with Crippen molar-refractivity contribution in [2.45, 2.75) is 33.2 Å². The fraction of sp³-hybridized carbons (Fsp3) is 0.571. The van der Waals surface area contributed by atoms with Crippen molar-refractivity contribution < 1.29 is 14.3 Å². The molecule has 0 atom stereocenters. The summed E-state index contributed by atoms with van der Waals surface area (Å²) in [7, 11) is 0. The topological polar surface area (TPSA) is 79.4 Å². The average Bonchev–Trinajstić information content (AvgIpc) is 2.76. The number of esters is 1. The van der Waals surface area contributed by atoms with Gasteiger partial charge in [0.15, 0.2) is 5.69 Å². The van der Waals surface area contributed by atoms with Crippen LogP contribution in [0.15, 0.2) is 12.7 Å². The first-order chi connectivity index (χ1) is 9.65. The van der Waals surface area contributed by atoms with E-state index >= 15 is 0 Å². The minimum absolute atomic E-state index is 0.190. The third-order valence-corrected chi connectivity index (χ3v) is 2.80. The Labute approximate surface area is 119 Å². The summed E-state index contributed by atoms with van der Waals surface area (Å²) in [5.41, 5.74) is 6.17. The monoisotopic (exact) mass is 281 g/mol. The van der Waals surface area contributed by atoms with Crippen LogP contribution in [-0.4, -0.2) is 35.3 Å². The van der Waals surface area contributed by atoms with Crippen molar-refractivity contribution in [3.8, 4) is 0 Å². The van der Waals surface area contributed by atoms with Crippen LogP contribution < -0.4 is 5.73 Å². The number of carbonyl (C=O) groups excluding carboxylic acids is 1. The van der Waals surface area contributed by atoms with Gasteiger partial charge in [-0.2, -0.15) is 0 Å². The second-order valence-corrected chi connectivity index (χ2v) is 4.18. The highest BCUT2D eigenvalue weighted by molar-refractivity contribution is 5.92. The highest BCUT2D eigenvalue weighted by Crippen LogP contribution is 2.16. The molecule has 0 spiro atoms. The average molecular weight is 281 g/mol. The molecule has 0 unspecified atom stereocenters. The number of carbonyl (C=O) groups is 1. The summed E-state index contributed by atoms with van der Waals surface area (Å²) < 4.78 is 12.2. The van der Waals surface area contributed by atoms with Gasteiger partial charge in [0.25, 0.3) is 0 Å². The molecule has 1 heterocycles. The second-order valence-electron chi connectivity index (χ2n) is 4.18. The van der Waals surface area contributed by atoms with Crippen molar-refractivity contribution in [2.24, 2.45) is 0 Å². The van der Waals surface area contributed by atoms with Gasteiger partial charge < -0.3 is 19.8 Å². The van der Waals surface area contributed by atoms with E-state index in [-0.39, 0.29) is 5.69 Å². The van der Waals surface area contributed by atoms with E-state index in [1.54, 1.807) is 11.5 Å². The van der Waals surface area contributed by atoms with Gasteiger partial charge in [-0.05, 0) is 13.3 Å². The third-order valence-electron chi connectivity index (χ3n) is 2.80. The first kappa shape index (κ1) is 16.2. The van der Waals surface area contributed by atoms with Crippen LogP contribution in [0, 0.1) is 0 Å². The van der Waals surface area contributed by atoms with Crippen molar-refractivity contribution in [3.63, 3.8) is 0 Å². The number of aryl methyl sites for hydroxylation is 1. The number of aromatic nitrogens is 2. The Kier molecular flexibility index (Phi) is 6.79. The number of hydrogen-bond acceptors (Lipinski definition) is 5. The van der Waals surface area contributed by atoms with Crippen LogP contribution in [-0.2, 0) is 22.4 Å². The van der Waals surface area contributed by atoms with Gasteiger partial charge in [-0.15, -0.1) is 6.58 Å². The zero-order valence-corrected chi connectivity index (χ0v) is 12.2.